The molecule has 1 amide bonds. The maximum absolute atomic E-state index is 12.9. The van der Waals surface area contributed by atoms with E-state index in [0.717, 1.165) is 17.0 Å². The lowest BCUT2D eigenvalue weighted by Crippen LogP contribution is -2.19. The van der Waals surface area contributed by atoms with Crippen LogP contribution < -0.4 is 10.9 Å². The standard InChI is InChI=1S/C23H19FN6O2S/c1-15-21(22(32)30(29(15)2)18-6-4-3-5-7-18)28-27-20-14-25-23(33-20)26-19(31)13-10-16-8-11-17(24)12-9-16/h3-14H,1-2H3,(H,25,26,31)/b13-10+,28-27?. The van der Waals surface area contributed by atoms with E-state index in [4.69, 9.17) is 0 Å². The molecule has 8 nitrogen and oxygen atoms in total. The van der Waals surface area contributed by atoms with Crippen LogP contribution in [0.1, 0.15) is 11.3 Å². The number of amides is 1. The second-order valence-electron chi connectivity index (χ2n) is 6.99. The van der Waals surface area contributed by atoms with Gasteiger partial charge in [0.1, 0.15) is 5.82 Å². The number of hydrogen-bond acceptors (Lipinski definition) is 6. The van der Waals surface area contributed by atoms with Crippen molar-refractivity contribution in [1.82, 2.24) is 14.3 Å². The molecule has 2 aromatic heterocycles. The van der Waals surface area contributed by atoms with Crippen LogP contribution in [0.5, 0.6) is 0 Å². The van der Waals surface area contributed by atoms with Crippen molar-refractivity contribution in [3.63, 3.8) is 0 Å². The van der Waals surface area contributed by atoms with Gasteiger partial charge in [-0.3, -0.25) is 19.6 Å². The smallest absolute Gasteiger partial charge is 0.298 e. The molecule has 0 radical (unpaired) electrons. The minimum absolute atomic E-state index is 0.225. The number of anilines is 1. The van der Waals surface area contributed by atoms with Crippen molar-refractivity contribution < 1.29 is 9.18 Å². The van der Waals surface area contributed by atoms with Crippen LogP contribution in [0.25, 0.3) is 11.8 Å². The third-order valence-electron chi connectivity index (χ3n) is 4.79. The average molecular weight is 463 g/mol. The zero-order valence-electron chi connectivity index (χ0n) is 17.8. The van der Waals surface area contributed by atoms with Gasteiger partial charge in [-0.1, -0.05) is 41.7 Å². The molecule has 1 N–H and O–H groups in total. The van der Waals surface area contributed by atoms with Crippen LogP contribution in [0.2, 0.25) is 0 Å². The quantitative estimate of drug-likeness (QED) is 0.317. The summed E-state index contributed by atoms with van der Waals surface area (Å²) in [4.78, 5) is 29.1. The van der Waals surface area contributed by atoms with E-state index in [2.05, 4.69) is 20.5 Å². The zero-order chi connectivity index (χ0) is 23.4. The molecule has 4 rings (SSSR count). The van der Waals surface area contributed by atoms with Crippen LogP contribution >= 0.6 is 11.3 Å². The number of hydrogen-bond donors (Lipinski definition) is 1. The number of carbonyl (C=O) groups excluding carboxylic acids is 1. The lowest BCUT2D eigenvalue weighted by molar-refractivity contribution is -0.111. The summed E-state index contributed by atoms with van der Waals surface area (Å²) in [7, 11) is 1.78. The Balaban J connectivity index is 1.47. The summed E-state index contributed by atoms with van der Waals surface area (Å²) in [6.45, 7) is 1.79. The Morgan fingerprint density at radius 1 is 1.12 bits per heavy atom. The molecular formula is C23H19FN6O2S. The van der Waals surface area contributed by atoms with Crippen molar-refractivity contribution in [2.75, 3.05) is 5.32 Å². The minimum atomic E-state index is -0.387. The molecule has 0 unspecified atom stereocenters. The van der Waals surface area contributed by atoms with Crippen molar-refractivity contribution in [3.8, 4) is 5.69 Å². The average Bonchev–Trinajstić information content (AvgIpc) is 3.34. The van der Waals surface area contributed by atoms with E-state index < -0.39 is 0 Å². The molecule has 33 heavy (non-hydrogen) atoms. The first-order valence-corrected chi connectivity index (χ1v) is 10.7. The van der Waals surface area contributed by atoms with Gasteiger partial charge in [-0.2, -0.15) is 0 Å². The second-order valence-corrected chi connectivity index (χ2v) is 8.00. The fourth-order valence-electron chi connectivity index (χ4n) is 3.03. The largest absolute Gasteiger partial charge is 0.299 e. The molecule has 0 fully saturated rings. The highest BCUT2D eigenvalue weighted by atomic mass is 32.1. The molecule has 0 aliphatic heterocycles. The van der Waals surface area contributed by atoms with Crippen LogP contribution in [0.15, 0.2) is 81.9 Å². The van der Waals surface area contributed by atoms with Crippen molar-refractivity contribution in [2.24, 2.45) is 17.3 Å². The highest BCUT2D eigenvalue weighted by molar-refractivity contribution is 7.19. The van der Waals surface area contributed by atoms with E-state index in [1.54, 1.807) is 36.9 Å². The van der Waals surface area contributed by atoms with Gasteiger partial charge in [-0.05, 0) is 42.8 Å². The van der Waals surface area contributed by atoms with Crippen molar-refractivity contribution >= 4 is 39.1 Å². The third-order valence-corrected chi connectivity index (χ3v) is 5.59. The number of nitrogens with zero attached hydrogens (tertiary/aromatic N) is 5. The first-order valence-electron chi connectivity index (χ1n) is 9.88. The third kappa shape index (κ3) is 5.01. The summed E-state index contributed by atoms with van der Waals surface area (Å²) in [5.41, 5.74) is 2.03. The molecule has 0 atom stereocenters. The number of benzene rings is 2. The predicted molar refractivity (Wildman–Crippen MR) is 126 cm³/mol. The lowest BCUT2D eigenvalue weighted by atomic mass is 10.2. The number of azo groups is 1. The van der Waals surface area contributed by atoms with Gasteiger partial charge in [0.05, 0.1) is 17.6 Å². The van der Waals surface area contributed by atoms with E-state index in [1.165, 1.54) is 29.1 Å². The molecule has 0 aliphatic carbocycles. The molecule has 2 heterocycles. The highest BCUT2D eigenvalue weighted by Gasteiger charge is 2.16. The molecule has 2 aromatic carbocycles. The van der Waals surface area contributed by atoms with E-state index in [0.29, 0.717) is 21.4 Å². The van der Waals surface area contributed by atoms with Crippen LogP contribution in [-0.2, 0) is 11.8 Å². The highest BCUT2D eigenvalue weighted by Crippen LogP contribution is 2.28. The van der Waals surface area contributed by atoms with Crippen LogP contribution in [0.3, 0.4) is 0 Å². The Hall–Kier alpha value is -4.18. The van der Waals surface area contributed by atoms with Gasteiger partial charge in [0.2, 0.25) is 5.91 Å². The molecule has 166 valence electrons. The van der Waals surface area contributed by atoms with Gasteiger partial charge in [0.15, 0.2) is 15.8 Å². The van der Waals surface area contributed by atoms with E-state index in [9.17, 15) is 14.0 Å². The summed E-state index contributed by atoms with van der Waals surface area (Å²) in [6.07, 6.45) is 4.36. The van der Waals surface area contributed by atoms with E-state index in [-0.39, 0.29) is 23.0 Å². The Bertz CT molecular complexity index is 1400. The van der Waals surface area contributed by atoms with Crippen molar-refractivity contribution in [2.45, 2.75) is 6.92 Å². The molecule has 4 aromatic rings. The van der Waals surface area contributed by atoms with Crippen molar-refractivity contribution in [3.05, 3.63) is 94.3 Å². The van der Waals surface area contributed by atoms with Crippen LogP contribution in [-0.4, -0.2) is 20.3 Å². The number of para-hydroxylation sites is 1. The Kier molecular flexibility index (Phi) is 6.36. The molecule has 0 spiro atoms. The molecule has 0 saturated carbocycles. The first-order chi connectivity index (χ1) is 15.9. The summed E-state index contributed by atoms with van der Waals surface area (Å²) in [6, 6.07) is 15.0. The summed E-state index contributed by atoms with van der Waals surface area (Å²) in [5, 5.41) is 11.7. The monoisotopic (exact) mass is 462 g/mol. The second kappa shape index (κ2) is 9.53. The lowest BCUT2D eigenvalue weighted by Gasteiger charge is -2.07. The molecular weight excluding hydrogens is 443 g/mol. The van der Waals surface area contributed by atoms with Gasteiger partial charge in [-0.25, -0.2) is 14.1 Å². The van der Waals surface area contributed by atoms with Gasteiger partial charge in [-0.15, -0.1) is 10.2 Å². The Morgan fingerprint density at radius 3 is 2.58 bits per heavy atom. The van der Waals surface area contributed by atoms with Crippen LogP contribution in [0.4, 0.5) is 20.2 Å². The van der Waals surface area contributed by atoms with Crippen LogP contribution in [0, 0.1) is 12.7 Å². The van der Waals surface area contributed by atoms with Gasteiger partial charge < -0.3 is 0 Å². The first kappa shape index (κ1) is 22.0. The summed E-state index contributed by atoms with van der Waals surface area (Å²) < 4.78 is 16.2. The van der Waals surface area contributed by atoms with E-state index >= 15 is 0 Å². The van der Waals surface area contributed by atoms with Crippen molar-refractivity contribution in [1.29, 1.82) is 0 Å². The van der Waals surface area contributed by atoms with Gasteiger partial charge in [0, 0.05) is 13.1 Å². The molecule has 0 bridgehead atoms. The Morgan fingerprint density at radius 2 is 1.85 bits per heavy atom. The number of carbonyl (C=O) groups is 1. The van der Waals surface area contributed by atoms with Gasteiger partial charge >= 0.3 is 0 Å². The number of halogens is 1. The predicted octanol–water partition coefficient (Wildman–Crippen LogP) is 5.15. The van der Waals surface area contributed by atoms with E-state index in [1.807, 2.05) is 30.3 Å². The summed E-state index contributed by atoms with van der Waals surface area (Å²) in [5.74, 6) is -0.729. The minimum Gasteiger partial charge on any atom is -0.298 e. The number of nitrogens with one attached hydrogen (secondary N) is 1. The number of rotatable bonds is 6. The van der Waals surface area contributed by atoms with Gasteiger partial charge in [0.25, 0.3) is 5.56 Å². The fourth-order valence-corrected chi connectivity index (χ4v) is 3.67. The number of aromatic nitrogens is 3. The SMILES string of the molecule is Cc1c(N=Nc2cnc(NC(=O)/C=C/c3ccc(F)cc3)s2)c(=O)n(-c2ccccc2)n1C. The topological polar surface area (TPSA) is 93.6 Å². The Labute approximate surface area is 192 Å². The number of thiazole rings is 1. The summed E-state index contributed by atoms with van der Waals surface area (Å²) >= 11 is 1.12. The molecule has 0 aliphatic rings. The maximum Gasteiger partial charge on any atom is 0.299 e. The fraction of sp³-hybridized carbons (Fsp3) is 0.0870. The molecule has 0 saturated heterocycles. The molecule has 10 heteroatoms. The maximum atomic E-state index is 12.9. The zero-order valence-corrected chi connectivity index (χ0v) is 18.6. The normalized spacial score (nSPS) is 11.5.